The third-order valence-corrected chi connectivity index (χ3v) is 3.42. The second kappa shape index (κ2) is 14.6. The molecule has 0 aliphatic carbocycles. The van der Waals surface area contributed by atoms with Crippen molar-refractivity contribution >= 4 is 23.5 Å². The van der Waals surface area contributed by atoms with Crippen molar-refractivity contribution in [2.45, 2.75) is 59.5 Å². The van der Waals surface area contributed by atoms with Gasteiger partial charge in [-0.25, -0.2) is 9.97 Å². The van der Waals surface area contributed by atoms with E-state index in [0.29, 0.717) is 18.8 Å². The Hall–Kier alpha value is -2.46. The molecular formula is C18H35N7O3. The molecular weight excluding hydrogens is 362 g/mol. The minimum atomic E-state index is -0.562. The number of rotatable bonds is 9. The number of hydrogen-bond acceptors (Lipinski definition) is 8. The topological polar surface area (TPSA) is 175 Å². The number of amides is 1. The molecule has 0 radical (unpaired) electrons. The van der Waals surface area contributed by atoms with Crippen LogP contribution in [0.25, 0.3) is 0 Å². The number of nitrogens with zero attached hydrogens (tertiary/aromatic N) is 3. The Bertz CT molecular complexity index is 621. The number of carbonyl (C=O) groups is 1. The Kier molecular flexibility index (Phi) is 13.3. The van der Waals surface area contributed by atoms with E-state index >= 15 is 0 Å². The third-order valence-electron chi connectivity index (χ3n) is 3.42. The molecule has 10 nitrogen and oxygen atoms in total. The van der Waals surface area contributed by atoms with E-state index in [1.165, 1.54) is 19.3 Å². The molecule has 1 aromatic heterocycles. The number of guanidine groups is 1. The summed E-state index contributed by atoms with van der Waals surface area (Å²) >= 11 is 0. The SMILES string of the molecule is CCCCCCOCC(C)O.CCN=C(N)NC(=O)c1nc(C)c(N)nc1N. The maximum absolute atomic E-state index is 11.7. The largest absolute Gasteiger partial charge is 0.391 e. The number of nitrogens with two attached hydrogens (primary N) is 3. The normalized spacial score (nSPS) is 12.1. The second-order valence-electron chi connectivity index (χ2n) is 6.23. The Labute approximate surface area is 167 Å². The Morgan fingerprint density at radius 2 is 1.89 bits per heavy atom. The third kappa shape index (κ3) is 11.3. The van der Waals surface area contributed by atoms with Gasteiger partial charge in [0.1, 0.15) is 5.82 Å². The average Bonchev–Trinajstić information content (AvgIpc) is 2.61. The summed E-state index contributed by atoms with van der Waals surface area (Å²) in [6, 6.07) is 0. The van der Waals surface area contributed by atoms with Crippen LogP contribution >= 0.6 is 0 Å². The molecule has 0 aliphatic heterocycles. The first-order valence-electron chi connectivity index (χ1n) is 9.49. The zero-order valence-electron chi connectivity index (χ0n) is 17.4. The molecule has 1 heterocycles. The lowest BCUT2D eigenvalue weighted by atomic mass is 10.2. The van der Waals surface area contributed by atoms with Crippen LogP contribution in [0.2, 0.25) is 0 Å². The van der Waals surface area contributed by atoms with Crippen molar-refractivity contribution in [3.05, 3.63) is 11.4 Å². The highest BCUT2D eigenvalue weighted by atomic mass is 16.5. The van der Waals surface area contributed by atoms with Gasteiger partial charge in [-0.3, -0.25) is 15.1 Å². The lowest BCUT2D eigenvalue weighted by molar-refractivity contribution is 0.0445. The van der Waals surface area contributed by atoms with Crippen molar-refractivity contribution in [3.63, 3.8) is 0 Å². The van der Waals surface area contributed by atoms with Crippen LogP contribution in [0.1, 0.15) is 62.6 Å². The highest BCUT2D eigenvalue weighted by Crippen LogP contribution is 2.11. The highest BCUT2D eigenvalue weighted by Gasteiger charge is 2.15. The number of aryl methyl sites for hydroxylation is 1. The van der Waals surface area contributed by atoms with Gasteiger partial charge >= 0.3 is 0 Å². The Morgan fingerprint density at radius 3 is 2.46 bits per heavy atom. The van der Waals surface area contributed by atoms with E-state index in [0.717, 1.165) is 13.0 Å². The van der Waals surface area contributed by atoms with E-state index in [9.17, 15) is 4.79 Å². The number of nitrogens with one attached hydrogen (secondary N) is 1. The standard InChI is InChI=1S/C9H15N7O.C9H20O2/c1-3-13-9(12)16-8(17)5-7(11)15-6(10)4(2)14-5;1-3-4-5-6-7-11-8-9(2)10/h3H2,1-2H3,(H4,10,11,15)(H3,12,13,16,17);9-10H,3-8H2,1-2H3. The molecule has 1 atom stereocenters. The quantitative estimate of drug-likeness (QED) is 0.233. The highest BCUT2D eigenvalue weighted by molar-refractivity contribution is 6.06. The van der Waals surface area contributed by atoms with Gasteiger partial charge in [0.25, 0.3) is 5.91 Å². The van der Waals surface area contributed by atoms with E-state index in [4.69, 9.17) is 27.0 Å². The number of carbonyl (C=O) groups excluding carboxylic acids is 1. The minimum absolute atomic E-state index is 0.00757. The second-order valence-corrected chi connectivity index (χ2v) is 6.23. The zero-order valence-corrected chi connectivity index (χ0v) is 17.4. The summed E-state index contributed by atoms with van der Waals surface area (Å²) in [4.78, 5) is 23.3. The number of hydrogen-bond donors (Lipinski definition) is 5. The molecule has 0 aliphatic rings. The van der Waals surface area contributed by atoms with E-state index in [1.807, 2.05) is 0 Å². The molecule has 10 heteroatoms. The summed E-state index contributed by atoms with van der Waals surface area (Å²) in [6.45, 7) is 9.09. The van der Waals surface area contributed by atoms with Gasteiger partial charge in [0, 0.05) is 13.2 Å². The molecule has 8 N–H and O–H groups in total. The van der Waals surface area contributed by atoms with Crippen molar-refractivity contribution in [1.29, 1.82) is 0 Å². The average molecular weight is 398 g/mol. The minimum Gasteiger partial charge on any atom is -0.391 e. The Balaban J connectivity index is 0.000000576. The number of unbranched alkanes of at least 4 members (excludes halogenated alkanes) is 3. The number of aliphatic hydroxyl groups excluding tert-OH is 1. The van der Waals surface area contributed by atoms with Gasteiger partial charge in [0.2, 0.25) is 0 Å². The van der Waals surface area contributed by atoms with E-state index in [1.54, 1.807) is 20.8 Å². The summed E-state index contributed by atoms with van der Waals surface area (Å²) in [5, 5.41) is 11.2. The molecule has 160 valence electrons. The van der Waals surface area contributed by atoms with Crippen molar-refractivity contribution in [3.8, 4) is 0 Å². The summed E-state index contributed by atoms with van der Waals surface area (Å²) < 4.78 is 5.19. The van der Waals surface area contributed by atoms with E-state index in [-0.39, 0.29) is 29.4 Å². The summed E-state index contributed by atoms with van der Waals surface area (Å²) in [5.41, 5.74) is 16.9. The van der Waals surface area contributed by atoms with Crippen LogP contribution in [0.15, 0.2) is 4.99 Å². The van der Waals surface area contributed by atoms with E-state index < -0.39 is 5.91 Å². The summed E-state index contributed by atoms with van der Waals surface area (Å²) in [5.74, 6) is -0.412. The molecule has 0 bridgehead atoms. The maximum atomic E-state index is 11.7. The molecule has 0 saturated carbocycles. The first kappa shape index (κ1) is 25.5. The maximum Gasteiger partial charge on any atom is 0.280 e. The molecule has 0 spiro atoms. The molecule has 1 rings (SSSR count). The molecule has 0 aromatic carbocycles. The van der Waals surface area contributed by atoms with Crippen molar-refractivity contribution in [2.75, 3.05) is 31.2 Å². The summed E-state index contributed by atoms with van der Waals surface area (Å²) in [6.07, 6.45) is 4.60. The van der Waals surface area contributed by atoms with Gasteiger partial charge in [-0.15, -0.1) is 0 Å². The fraction of sp³-hybridized carbons (Fsp3) is 0.667. The molecule has 1 aromatic rings. The van der Waals surface area contributed by atoms with Crippen LogP contribution in [0.5, 0.6) is 0 Å². The van der Waals surface area contributed by atoms with Crippen molar-refractivity contribution in [2.24, 2.45) is 10.7 Å². The molecule has 0 saturated heterocycles. The monoisotopic (exact) mass is 397 g/mol. The van der Waals surface area contributed by atoms with Gasteiger partial charge in [-0.2, -0.15) is 0 Å². The molecule has 1 amide bonds. The van der Waals surface area contributed by atoms with E-state index in [2.05, 4.69) is 27.2 Å². The number of nitrogen functional groups attached to an aromatic ring is 2. The van der Waals surface area contributed by atoms with Crippen LogP contribution in [0.3, 0.4) is 0 Å². The fourth-order valence-corrected chi connectivity index (χ4v) is 1.98. The van der Waals surface area contributed by atoms with Gasteiger partial charge in [-0.1, -0.05) is 26.2 Å². The molecule has 0 fully saturated rings. The van der Waals surface area contributed by atoms with Crippen molar-refractivity contribution < 1.29 is 14.6 Å². The first-order valence-corrected chi connectivity index (χ1v) is 9.49. The summed E-state index contributed by atoms with van der Waals surface area (Å²) in [7, 11) is 0. The van der Waals surface area contributed by atoms with Crippen molar-refractivity contribution in [1.82, 2.24) is 15.3 Å². The first-order chi connectivity index (χ1) is 13.2. The van der Waals surface area contributed by atoms with Gasteiger partial charge in [0.15, 0.2) is 17.5 Å². The van der Waals surface area contributed by atoms with Crippen LogP contribution in [-0.2, 0) is 4.74 Å². The molecule has 28 heavy (non-hydrogen) atoms. The van der Waals surface area contributed by atoms with Crippen LogP contribution in [0.4, 0.5) is 11.6 Å². The number of aromatic nitrogens is 2. The van der Waals surface area contributed by atoms with Crippen LogP contribution in [-0.4, -0.2) is 52.8 Å². The lowest BCUT2D eigenvalue weighted by Gasteiger charge is -2.07. The number of aliphatic imine (C=N–C) groups is 1. The number of aliphatic hydroxyl groups is 1. The Morgan fingerprint density at radius 1 is 1.21 bits per heavy atom. The predicted molar refractivity (Wildman–Crippen MR) is 112 cm³/mol. The lowest BCUT2D eigenvalue weighted by Crippen LogP contribution is -2.38. The predicted octanol–water partition coefficient (Wildman–Crippen LogP) is 0.978. The van der Waals surface area contributed by atoms with Gasteiger partial charge in [0.05, 0.1) is 18.4 Å². The smallest absolute Gasteiger partial charge is 0.280 e. The zero-order chi connectivity index (χ0) is 21.5. The molecule has 1 unspecified atom stereocenters. The number of ether oxygens (including phenoxy) is 1. The van der Waals surface area contributed by atoms with Crippen LogP contribution < -0.4 is 22.5 Å². The van der Waals surface area contributed by atoms with Gasteiger partial charge < -0.3 is 27.0 Å². The van der Waals surface area contributed by atoms with Crippen LogP contribution in [0, 0.1) is 6.92 Å². The fourth-order valence-electron chi connectivity index (χ4n) is 1.98. The number of anilines is 2. The van der Waals surface area contributed by atoms with Gasteiger partial charge in [-0.05, 0) is 27.2 Å².